The van der Waals surface area contributed by atoms with Gasteiger partial charge in [0, 0.05) is 0 Å². The molecule has 0 aliphatic rings. The van der Waals surface area contributed by atoms with Gasteiger partial charge < -0.3 is 5.73 Å². The van der Waals surface area contributed by atoms with Crippen LogP contribution in [0.25, 0.3) is 0 Å². The predicted molar refractivity (Wildman–Crippen MR) is 56.7 cm³/mol. The van der Waals surface area contributed by atoms with Crippen LogP contribution in [0, 0.1) is 0 Å². The van der Waals surface area contributed by atoms with Crippen LogP contribution in [0.3, 0.4) is 0 Å². The standard InChI is InChI=1S/C10H6F9N.ClH/c11-8(12,13)4-1-2-6(9(14,15)16)5(3-4)7(20)10(17,18)19;/h1-3,7H,20H2;1H/t7-;/m0./s1. The molecule has 0 saturated carbocycles. The zero-order valence-corrected chi connectivity index (χ0v) is 10.5. The van der Waals surface area contributed by atoms with Crippen molar-refractivity contribution in [3.8, 4) is 0 Å². The zero-order valence-electron chi connectivity index (χ0n) is 9.70. The minimum atomic E-state index is -5.30. The quantitative estimate of drug-likeness (QED) is 0.732. The minimum Gasteiger partial charge on any atom is -0.316 e. The highest BCUT2D eigenvalue weighted by molar-refractivity contribution is 5.85. The van der Waals surface area contributed by atoms with E-state index in [0.29, 0.717) is 0 Å². The van der Waals surface area contributed by atoms with E-state index in [-0.39, 0.29) is 30.6 Å². The van der Waals surface area contributed by atoms with Crippen molar-refractivity contribution in [3.05, 3.63) is 34.9 Å². The molecule has 2 N–H and O–H groups in total. The van der Waals surface area contributed by atoms with Gasteiger partial charge in [-0.25, -0.2) is 0 Å². The average molecular weight is 348 g/mol. The second-order valence-corrected chi connectivity index (χ2v) is 3.82. The molecule has 1 nitrogen and oxygen atoms in total. The van der Waals surface area contributed by atoms with Gasteiger partial charge >= 0.3 is 18.5 Å². The summed E-state index contributed by atoms with van der Waals surface area (Å²) in [5.74, 6) is 0. The van der Waals surface area contributed by atoms with Crippen LogP contribution in [0.15, 0.2) is 18.2 Å². The SMILES string of the molecule is Cl.N[C@@H](c1cc(C(F)(F)F)ccc1C(F)(F)F)C(F)(F)F. The third-order valence-electron chi connectivity index (χ3n) is 2.37. The lowest BCUT2D eigenvalue weighted by Crippen LogP contribution is -2.31. The van der Waals surface area contributed by atoms with E-state index < -0.39 is 41.3 Å². The molecule has 1 aromatic carbocycles. The predicted octanol–water partition coefficient (Wildman–Crippen LogP) is 4.71. The minimum absolute atomic E-state index is 0. The molecular formula is C10H7ClF9N. The van der Waals surface area contributed by atoms with Crippen LogP contribution in [0.5, 0.6) is 0 Å². The summed E-state index contributed by atoms with van der Waals surface area (Å²) >= 11 is 0. The summed E-state index contributed by atoms with van der Waals surface area (Å²) < 4.78 is 112. The normalized spacial score (nSPS) is 14.6. The van der Waals surface area contributed by atoms with Gasteiger partial charge in [0.25, 0.3) is 0 Å². The Bertz CT molecular complexity index is 489. The Hall–Kier alpha value is -1.16. The van der Waals surface area contributed by atoms with Gasteiger partial charge in [0.15, 0.2) is 0 Å². The van der Waals surface area contributed by atoms with E-state index in [1.807, 2.05) is 0 Å². The smallest absolute Gasteiger partial charge is 0.316 e. The monoisotopic (exact) mass is 347 g/mol. The highest BCUT2D eigenvalue weighted by atomic mass is 35.5. The molecule has 1 rings (SSSR count). The van der Waals surface area contributed by atoms with Crippen molar-refractivity contribution in [2.24, 2.45) is 5.73 Å². The Morgan fingerprint density at radius 2 is 1.29 bits per heavy atom. The van der Waals surface area contributed by atoms with Gasteiger partial charge in [0.2, 0.25) is 0 Å². The largest absolute Gasteiger partial charge is 0.416 e. The highest BCUT2D eigenvalue weighted by Crippen LogP contribution is 2.41. The van der Waals surface area contributed by atoms with E-state index in [4.69, 9.17) is 0 Å². The Kier molecular flexibility index (Phi) is 5.59. The van der Waals surface area contributed by atoms with E-state index in [0.717, 1.165) is 0 Å². The van der Waals surface area contributed by atoms with E-state index in [1.54, 1.807) is 0 Å². The summed E-state index contributed by atoms with van der Waals surface area (Å²) in [4.78, 5) is 0. The van der Waals surface area contributed by atoms with E-state index in [1.165, 1.54) is 0 Å². The molecule has 0 radical (unpaired) electrons. The molecule has 0 heterocycles. The van der Waals surface area contributed by atoms with Gasteiger partial charge in [-0.2, -0.15) is 39.5 Å². The lowest BCUT2D eigenvalue weighted by Gasteiger charge is -2.22. The molecule has 1 aromatic rings. The molecule has 0 bridgehead atoms. The van der Waals surface area contributed by atoms with E-state index in [9.17, 15) is 39.5 Å². The van der Waals surface area contributed by atoms with Crippen molar-refractivity contribution in [1.82, 2.24) is 0 Å². The summed E-state index contributed by atoms with van der Waals surface area (Å²) in [5, 5.41) is 0. The Morgan fingerprint density at radius 3 is 1.62 bits per heavy atom. The number of rotatable bonds is 1. The first-order valence-electron chi connectivity index (χ1n) is 4.85. The van der Waals surface area contributed by atoms with Crippen molar-refractivity contribution in [2.75, 3.05) is 0 Å². The van der Waals surface area contributed by atoms with Crippen LogP contribution < -0.4 is 5.73 Å². The van der Waals surface area contributed by atoms with Gasteiger partial charge in [-0.1, -0.05) is 0 Å². The molecule has 0 aliphatic carbocycles. The lowest BCUT2D eigenvalue weighted by molar-refractivity contribution is -0.157. The van der Waals surface area contributed by atoms with Crippen LogP contribution in [0.2, 0.25) is 0 Å². The first kappa shape index (κ1) is 19.8. The third kappa shape index (κ3) is 4.67. The fraction of sp³-hybridized carbons (Fsp3) is 0.400. The highest BCUT2D eigenvalue weighted by Gasteiger charge is 2.45. The maximum Gasteiger partial charge on any atom is 0.416 e. The topological polar surface area (TPSA) is 26.0 Å². The molecule has 1 atom stereocenters. The van der Waals surface area contributed by atoms with E-state index in [2.05, 4.69) is 5.73 Å². The number of benzene rings is 1. The van der Waals surface area contributed by atoms with Crippen LogP contribution >= 0.6 is 12.4 Å². The lowest BCUT2D eigenvalue weighted by atomic mass is 9.97. The first-order chi connectivity index (χ1) is 8.74. The van der Waals surface area contributed by atoms with Gasteiger partial charge in [-0.05, 0) is 23.8 Å². The van der Waals surface area contributed by atoms with Gasteiger partial charge in [0.05, 0.1) is 11.1 Å². The molecule has 0 saturated heterocycles. The van der Waals surface area contributed by atoms with Gasteiger partial charge in [0.1, 0.15) is 6.04 Å². The van der Waals surface area contributed by atoms with Crippen molar-refractivity contribution in [2.45, 2.75) is 24.6 Å². The maximum atomic E-state index is 12.5. The maximum absolute atomic E-state index is 12.5. The second kappa shape index (κ2) is 5.91. The van der Waals surface area contributed by atoms with Crippen molar-refractivity contribution in [1.29, 1.82) is 0 Å². The molecule has 122 valence electrons. The fourth-order valence-corrected chi connectivity index (χ4v) is 1.43. The van der Waals surface area contributed by atoms with Crippen LogP contribution in [0.1, 0.15) is 22.7 Å². The summed E-state index contributed by atoms with van der Waals surface area (Å²) in [6, 6.07) is -3.42. The molecule has 0 spiro atoms. The number of hydrogen-bond acceptors (Lipinski definition) is 1. The van der Waals surface area contributed by atoms with Crippen molar-refractivity contribution < 1.29 is 39.5 Å². The molecule has 11 heteroatoms. The average Bonchev–Trinajstić information content (AvgIpc) is 2.23. The summed E-state index contributed by atoms with van der Waals surface area (Å²) in [5.41, 5.74) is -0.568. The van der Waals surface area contributed by atoms with Crippen LogP contribution in [-0.4, -0.2) is 6.18 Å². The second-order valence-electron chi connectivity index (χ2n) is 3.82. The summed E-state index contributed by atoms with van der Waals surface area (Å²) in [7, 11) is 0. The van der Waals surface area contributed by atoms with Gasteiger partial charge in [-0.15, -0.1) is 12.4 Å². The third-order valence-corrected chi connectivity index (χ3v) is 2.37. The molecular weight excluding hydrogens is 341 g/mol. The zero-order chi connectivity index (χ0) is 15.9. The molecule has 0 fully saturated rings. The first-order valence-corrected chi connectivity index (χ1v) is 4.85. The number of hydrogen-bond donors (Lipinski definition) is 1. The summed E-state index contributed by atoms with van der Waals surface area (Å²) in [6.07, 6.45) is -15.6. The Morgan fingerprint density at radius 1 is 0.810 bits per heavy atom. The Balaban J connectivity index is 0.00000400. The molecule has 0 amide bonds. The van der Waals surface area contributed by atoms with E-state index >= 15 is 0 Å². The molecule has 0 aromatic heterocycles. The van der Waals surface area contributed by atoms with Crippen LogP contribution in [0.4, 0.5) is 39.5 Å². The Labute approximate surface area is 118 Å². The number of nitrogens with two attached hydrogens (primary N) is 1. The van der Waals surface area contributed by atoms with Gasteiger partial charge in [-0.3, -0.25) is 0 Å². The number of alkyl halides is 9. The fourth-order valence-electron chi connectivity index (χ4n) is 1.43. The van der Waals surface area contributed by atoms with Crippen LogP contribution in [-0.2, 0) is 12.4 Å². The van der Waals surface area contributed by atoms with Crippen molar-refractivity contribution >= 4 is 12.4 Å². The molecule has 0 unspecified atom stereocenters. The summed E-state index contributed by atoms with van der Waals surface area (Å²) in [6.45, 7) is 0. The number of halogens is 10. The molecule has 0 aliphatic heterocycles. The molecule has 21 heavy (non-hydrogen) atoms. The van der Waals surface area contributed by atoms with Crippen molar-refractivity contribution in [3.63, 3.8) is 0 Å².